The zero-order valence-electron chi connectivity index (χ0n) is 8.70. The number of rotatable bonds is 2. The molecule has 1 aliphatic rings. The summed E-state index contributed by atoms with van der Waals surface area (Å²) in [7, 11) is 0. The number of halogens is 1. The fourth-order valence-electron chi connectivity index (χ4n) is 1.76. The summed E-state index contributed by atoms with van der Waals surface area (Å²) in [6.07, 6.45) is 0.285. The number of hydrogen-bond donors (Lipinski definition) is 0. The maximum atomic E-state index is 11.8. The SMILES string of the molecule is CCOC(=O)C1Cc2nc(Cl)ccc2C1=O. The number of aromatic nitrogens is 1. The van der Waals surface area contributed by atoms with E-state index in [-0.39, 0.29) is 18.8 Å². The van der Waals surface area contributed by atoms with Crippen LogP contribution >= 0.6 is 11.6 Å². The molecule has 1 aliphatic carbocycles. The Morgan fingerprint density at radius 2 is 2.38 bits per heavy atom. The minimum absolute atomic E-state index is 0.224. The lowest BCUT2D eigenvalue weighted by Gasteiger charge is -2.05. The van der Waals surface area contributed by atoms with Gasteiger partial charge >= 0.3 is 5.97 Å². The van der Waals surface area contributed by atoms with Gasteiger partial charge in [-0.3, -0.25) is 9.59 Å². The normalized spacial score (nSPS) is 18.4. The van der Waals surface area contributed by atoms with Crippen LogP contribution in [-0.4, -0.2) is 23.3 Å². The van der Waals surface area contributed by atoms with Crippen molar-refractivity contribution in [3.63, 3.8) is 0 Å². The molecule has 1 aromatic heterocycles. The lowest BCUT2D eigenvalue weighted by Crippen LogP contribution is -2.23. The number of pyridine rings is 1. The fraction of sp³-hybridized carbons (Fsp3) is 0.364. The van der Waals surface area contributed by atoms with E-state index in [1.165, 1.54) is 0 Å². The molecule has 5 heteroatoms. The summed E-state index contributed by atoms with van der Waals surface area (Å²) >= 11 is 5.72. The molecule has 0 radical (unpaired) electrons. The Hall–Kier alpha value is -1.42. The first-order valence-electron chi connectivity index (χ1n) is 4.99. The number of carbonyl (C=O) groups is 2. The van der Waals surface area contributed by atoms with Crippen LogP contribution in [-0.2, 0) is 16.0 Å². The number of esters is 1. The number of ketones is 1. The monoisotopic (exact) mass is 239 g/mol. The highest BCUT2D eigenvalue weighted by atomic mass is 35.5. The number of hydrogen-bond acceptors (Lipinski definition) is 4. The van der Waals surface area contributed by atoms with Gasteiger partial charge in [0.25, 0.3) is 0 Å². The van der Waals surface area contributed by atoms with Crippen LogP contribution in [0.5, 0.6) is 0 Å². The molecule has 2 rings (SSSR count). The van der Waals surface area contributed by atoms with E-state index in [2.05, 4.69) is 4.98 Å². The van der Waals surface area contributed by atoms with Gasteiger partial charge in [0.15, 0.2) is 5.78 Å². The summed E-state index contributed by atoms with van der Waals surface area (Å²) < 4.78 is 4.84. The van der Waals surface area contributed by atoms with Crippen molar-refractivity contribution in [2.24, 2.45) is 5.92 Å². The van der Waals surface area contributed by atoms with Gasteiger partial charge in [0, 0.05) is 12.0 Å². The second kappa shape index (κ2) is 4.22. The summed E-state index contributed by atoms with van der Waals surface area (Å²) in [5.74, 6) is -1.46. The van der Waals surface area contributed by atoms with Crippen LogP contribution in [0.4, 0.5) is 0 Å². The van der Waals surface area contributed by atoms with Gasteiger partial charge in [-0.1, -0.05) is 11.6 Å². The summed E-state index contributed by atoms with van der Waals surface area (Å²) in [6, 6.07) is 3.15. The number of ether oxygens (including phenoxy) is 1. The van der Waals surface area contributed by atoms with Crippen molar-refractivity contribution in [1.82, 2.24) is 4.98 Å². The Balaban J connectivity index is 2.27. The molecule has 1 heterocycles. The van der Waals surface area contributed by atoms with Gasteiger partial charge in [0.2, 0.25) is 0 Å². The summed E-state index contributed by atoms with van der Waals surface area (Å²) in [5, 5.41) is 0.330. The van der Waals surface area contributed by atoms with E-state index in [9.17, 15) is 9.59 Å². The highest BCUT2D eigenvalue weighted by molar-refractivity contribution is 6.29. The van der Waals surface area contributed by atoms with Gasteiger partial charge in [-0.25, -0.2) is 4.98 Å². The minimum Gasteiger partial charge on any atom is -0.465 e. The predicted octanol–water partition coefficient (Wildman–Crippen LogP) is 1.65. The van der Waals surface area contributed by atoms with Gasteiger partial charge in [-0.05, 0) is 19.1 Å². The summed E-state index contributed by atoms with van der Waals surface area (Å²) in [5.41, 5.74) is 1.05. The van der Waals surface area contributed by atoms with Crippen LogP contribution in [0, 0.1) is 5.92 Å². The topological polar surface area (TPSA) is 56.3 Å². The molecule has 1 aromatic rings. The van der Waals surface area contributed by atoms with Crippen molar-refractivity contribution in [3.05, 3.63) is 28.5 Å². The molecular weight excluding hydrogens is 230 g/mol. The number of carbonyl (C=O) groups excluding carboxylic acids is 2. The average molecular weight is 240 g/mol. The van der Waals surface area contributed by atoms with Crippen molar-refractivity contribution in [2.45, 2.75) is 13.3 Å². The van der Waals surface area contributed by atoms with Crippen LogP contribution in [0.1, 0.15) is 23.0 Å². The maximum absolute atomic E-state index is 11.8. The lowest BCUT2D eigenvalue weighted by atomic mass is 10.1. The molecule has 84 valence electrons. The van der Waals surface area contributed by atoms with E-state index in [0.29, 0.717) is 16.4 Å². The molecule has 0 bridgehead atoms. The Bertz CT molecular complexity index is 459. The second-order valence-corrected chi connectivity index (χ2v) is 3.89. The Kier molecular flexibility index (Phi) is 2.92. The van der Waals surface area contributed by atoms with E-state index >= 15 is 0 Å². The highest BCUT2D eigenvalue weighted by Crippen LogP contribution is 2.27. The minimum atomic E-state index is -0.749. The van der Waals surface area contributed by atoms with Crippen molar-refractivity contribution >= 4 is 23.4 Å². The van der Waals surface area contributed by atoms with E-state index in [1.54, 1.807) is 19.1 Å². The van der Waals surface area contributed by atoms with Gasteiger partial charge in [0.1, 0.15) is 11.1 Å². The predicted molar refractivity (Wildman–Crippen MR) is 57.4 cm³/mol. The van der Waals surface area contributed by atoms with E-state index < -0.39 is 11.9 Å². The van der Waals surface area contributed by atoms with Crippen molar-refractivity contribution in [2.75, 3.05) is 6.61 Å². The molecule has 1 unspecified atom stereocenters. The summed E-state index contributed by atoms with van der Waals surface area (Å²) in [4.78, 5) is 27.4. The van der Waals surface area contributed by atoms with E-state index in [4.69, 9.17) is 16.3 Å². The molecule has 4 nitrogen and oxygen atoms in total. The third kappa shape index (κ3) is 1.80. The number of fused-ring (bicyclic) bond motifs is 1. The Labute approximate surface area is 97.6 Å². The van der Waals surface area contributed by atoms with E-state index in [1.807, 2.05) is 0 Å². The van der Waals surface area contributed by atoms with Crippen molar-refractivity contribution in [1.29, 1.82) is 0 Å². The molecule has 16 heavy (non-hydrogen) atoms. The molecule has 0 amide bonds. The summed E-state index contributed by atoms with van der Waals surface area (Å²) in [6.45, 7) is 1.98. The van der Waals surface area contributed by atoms with Crippen molar-refractivity contribution < 1.29 is 14.3 Å². The van der Waals surface area contributed by atoms with Crippen LogP contribution < -0.4 is 0 Å². The second-order valence-electron chi connectivity index (χ2n) is 3.50. The molecule has 0 saturated carbocycles. The Morgan fingerprint density at radius 3 is 3.06 bits per heavy atom. The number of nitrogens with zero attached hydrogens (tertiary/aromatic N) is 1. The van der Waals surface area contributed by atoms with Gasteiger partial charge in [-0.2, -0.15) is 0 Å². The van der Waals surface area contributed by atoms with Gasteiger partial charge in [-0.15, -0.1) is 0 Å². The molecular formula is C11H10ClNO3. The van der Waals surface area contributed by atoms with Crippen LogP contribution in [0.15, 0.2) is 12.1 Å². The lowest BCUT2D eigenvalue weighted by molar-refractivity contribution is -0.145. The standard InChI is InChI=1S/C11H10ClNO3/c1-2-16-11(15)7-5-8-6(10(7)14)3-4-9(12)13-8/h3-4,7H,2,5H2,1H3. The largest absolute Gasteiger partial charge is 0.465 e. The van der Waals surface area contributed by atoms with Crippen LogP contribution in [0.2, 0.25) is 5.15 Å². The molecule has 0 saturated heterocycles. The van der Waals surface area contributed by atoms with Crippen LogP contribution in [0.25, 0.3) is 0 Å². The fourth-order valence-corrected chi connectivity index (χ4v) is 1.93. The van der Waals surface area contributed by atoms with Gasteiger partial charge in [0.05, 0.1) is 12.3 Å². The van der Waals surface area contributed by atoms with Gasteiger partial charge < -0.3 is 4.74 Å². The molecule has 1 atom stereocenters. The molecule has 0 aromatic carbocycles. The molecule has 0 N–H and O–H groups in total. The smallest absolute Gasteiger partial charge is 0.317 e. The zero-order valence-corrected chi connectivity index (χ0v) is 9.45. The Morgan fingerprint density at radius 1 is 1.62 bits per heavy atom. The third-order valence-electron chi connectivity index (χ3n) is 2.49. The first-order valence-corrected chi connectivity index (χ1v) is 5.37. The quantitative estimate of drug-likeness (QED) is 0.447. The third-order valence-corrected chi connectivity index (χ3v) is 2.70. The molecule has 0 aliphatic heterocycles. The van der Waals surface area contributed by atoms with E-state index in [0.717, 1.165) is 0 Å². The molecule has 0 spiro atoms. The van der Waals surface area contributed by atoms with Crippen molar-refractivity contribution in [3.8, 4) is 0 Å². The van der Waals surface area contributed by atoms with Crippen LogP contribution in [0.3, 0.4) is 0 Å². The zero-order chi connectivity index (χ0) is 11.7. The average Bonchev–Trinajstić information content (AvgIpc) is 2.56. The first kappa shape index (κ1) is 11.1. The molecule has 0 fully saturated rings. The number of Topliss-reactive ketones (excluding diaryl/α,β-unsaturated/α-hetero) is 1. The maximum Gasteiger partial charge on any atom is 0.317 e. The first-order chi connectivity index (χ1) is 7.63. The highest BCUT2D eigenvalue weighted by Gasteiger charge is 2.37.